The standard InChI is InChI=1S/C5H11ClO2/c1-4(2,6)5(3,7)8/h7-8H,1-3H3. The van der Waals surface area contributed by atoms with Crippen molar-refractivity contribution in [2.75, 3.05) is 0 Å². The average Bonchev–Trinajstić information content (AvgIpc) is 1.25. The van der Waals surface area contributed by atoms with E-state index in [0.29, 0.717) is 0 Å². The molecule has 0 rings (SSSR count). The molecule has 0 saturated carbocycles. The Morgan fingerprint density at radius 2 is 1.25 bits per heavy atom. The third-order valence-electron chi connectivity index (χ3n) is 1.13. The van der Waals surface area contributed by atoms with Crippen molar-refractivity contribution in [3.05, 3.63) is 0 Å². The van der Waals surface area contributed by atoms with Gasteiger partial charge in [-0.2, -0.15) is 0 Å². The van der Waals surface area contributed by atoms with Gasteiger partial charge in [-0.15, -0.1) is 11.6 Å². The summed E-state index contributed by atoms with van der Waals surface area (Å²) in [5.41, 5.74) is 0. The van der Waals surface area contributed by atoms with E-state index >= 15 is 0 Å². The maximum atomic E-state index is 8.78. The second kappa shape index (κ2) is 1.87. The van der Waals surface area contributed by atoms with Gasteiger partial charge >= 0.3 is 0 Å². The van der Waals surface area contributed by atoms with E-state index in [4.69, 9.17) is 21.8 Å². The fourth-order valence-corrected chi connectivity index (χ4v) is 0. The molecule has 0 aromatic rings. The SMILES string of the molecule is CC(O)(O)C(C)(C)Cl. The van der Waals surface area contributed by atoms with Crippen LogP contribution in [0.15, 0.2) is 0 Å². The Morgan fingerprint density at radius 1 is 1.12 bits per heavy atom. The zero-order valence-electron chi connectivity index (χ0n) is 5.27. The summed E-state index contributed by atoms with van der Waals surface area (Å²) in [6.45, 7) is 4.32. The first-order chi connectivity index (χ1) is 3.25. The third kappa shape index (κ3) is 1.99. The molecule has 2 nitrogen and oxygen atoms in total. The van der Waals surface area contributed by atoms with Crippen molar-refractivity contribution < 1.29 is 10.2 Å². The van der Waals surface area contributed by atoms with Gasteiger partial charge in [0.1, 0.15) is 0 Å². The van der Waals surface area contributed by atoms with Crippen molar-refractivity contribution in [3.63, 3.8) is 0 Å². The Hall–Kier alpha value is 0.210. The molecule has 0 spiro atoms. The highest BCUT2D eigenvalue weighted by Crippen LogP contribution is 2.24. The molecule has 0 radical (unpaired) electrons. The van der Waals surface area contributed by atoms with Crippen molar-refractivity contribution in [2.45, 2.75) is 31.4 Å². The minimum absolute atomic E-state index is 0.979. The quantitative estimate of drug-likeness (QED) is 0.414. The predicted octanol–water partition coefficient (Wildman–Crippen LogP) is 0.705. The van der Waals surface area contributed by atoms with E-state index in [0.717, 1.165) is 0 Å². The Balaban J connectivity index is 4.02. The van der Waals surface area contributed by atoms with Crippen LogP contribution in [0.5, 0.6) is 0 Å². The van der Waals surface area contributed by atoms with Crippen molar-refractivity contribution in [1.82, 2.24) is 0 Å². The highest BCUT2D eigenvalue weighted by atomic mass is 35.5. The summed E-state index contributed by atoms with van der Waals surface area (Å²) in [4.78, 5) is -0.979. The van der Waals surface area contributed by atoms with E-state index in [1.807, 2.05) is 0 Å². The number of alkyl halides is 1. The van der Waals surface area contributed by atoms with Crippen LogP contribution in [0.25, 0.3) is 0 Å². The van der Waals surface area contributed by atoms with Gasteiger partial charge in [0.05, 0.1) is 4.87 Å². The topological polar surface area (TPSA) is 40.5 Å². The van der Waals surface area contributed by atoms with Crippen LogP contribution in [0, 0.1) is 0 Å². The van der Waals surface area contributed by atoms with Crippen molar-refractivity contribution in [1.29, 1.82) is 0 Å². The molecule has 0 aliphatic carbocycles. The van der Waals surface area contributed by atoms with Crippen molar-refractivity contribution in [2.24, 2.45) is 0 Å². The summed E-state index contributed by atoms with van der Waals surface area (Å²) in [6, 6.07) is 0. The van der Waals surface area contributed by atoms with Gasteiger partial charge in [-0.05, 0) is 20.8 Å². The van der Waals surface area contributed by atoms with Gasteiger partial charge in [-0.25, -0.2) is 0 Å². The van der Waals surface area contributed by atoms with Crippen LogP contribution in [-0.2, 0) is 0 Å². The van der Waals surface area contributed by atoms with Crippen LogP contribution in [0.4, 0.5) is 0 Å². The second-order valence-electron chi connectivity index (χ2n) is 2.49. The zero-order valence-corrected chi connectivity index (χ0v) is 6.03. The van der Waals surface area contributed by atoms with Gasteiger partial charge in [0.25, 0.3) is 0 Å². The maximum absolute atomic E-state index is 8.78. The van der Waals surface area contributed by atoms with Gasteiger partial charge < -0.3 is 10.2 Å². The molecule has 2 N–H and O–H groups in total. The summed E-state index contributed by atoms with van der Waals surface area (Å²) in [7, 11) is 0. The van der Waals surface area contributed by atoms with E-state index < -0.39 is 10.7 Å². The van der Waals surface area contributed by atoms with Crippen LogP contribution in [0.1, 0.15) is 20.8 Å². The van der Waals surface area contributed by atoms with E-state index in [1.54, 1.807) is 0 Å². The Bertz CT molecular complexity index is 65.4. The first-order valence-electron chi connectivity index (χ1n) is 2.39. The minimum atomic E-state index is -1.80. The lowest BCUT2D eigenvalue weighted by atomic mass is 10.1. The molecule has 0 aliphatic heterocycles. The molecule has 0 amide bonds. The molecule has 3 heteroatoms. The molecule has 0 fully saturated rings. The van der Waals surface area contributed by atoms with E-state index in [2.05, 4.69) is 0 Å². The first-order valence-corrected chi connectivity index (χ1v) is 2.76. The lowest BCUT2D eigenvalue weighted by Crippen LogP contribution is -2.42. The molecular formula is C5H11ClO2. The van der Waals surface area contributed by atoms with Crippen LogP contribution in [0.2, 0.25) is 0 Å². The molecule has 50 valence electrons. The Labute approximate surface area is 54.1 Å². The molecule has 0 aliphatic rings. The molecule has 0 aromatic carbocycles. The highest BCUT2D eigenvalue weighted by molar-refractivity contribution is 6.24. The first kappa shape index (κ1) is 8.21. The Kier molecular flexibility index (Phi) is 1.91. The van der Waals surface area contributed by atoms with E-state index in [-0.39, 0.29) is 0 Å². The number of rotatable bonds is 1. The number of hydrogen-bond donors (Lipinski definition) is 2. The molecule has 0 bridgehead atoms. The van der Waals surface area contributed by atoms with Crippen LogP contribution in [-0.4, -0.2) is 20.9 Å². The molecule has 0 saturated heterocycles. The van der Waals surface area contributed by atoms with Crippen LogP contribution >= 0.6 is 11.6 Å². The molecule has 0 heterocycles. The van der Waals surface area contributed by atoms with Gasteiger partial charge in [-0.3, -0.25) is 0 Å². The normalized spacial score (nSPS) is 14.2. The van der Waals surface area contributed by atoms with Crippen molar-refractivity contribution >= 4 is 11.6 Å². The highest BCUT2D eigenvalue weighted by Gasteiger charge is 2.34. The fourth-order valence-electron chi connectivity index (χ4n) is 0. The third-order valence-corrected chi connectivity index (χ3v) is 1.48. The smallest absolute Gasteiger partial charge is 0.178 e. The van der Waals surface area contributed by atoms with E-state index in [9.17, 15) is 0 Å². The lowest BCUT2D eigenvalue weighted by Gasteiger charge is -2.28. The fraction of sp³-hybridized carbons (Fsp3) is 1.00. The van der Waals surface area contributed by atoms with Gasteiger partial charge in [0.2, 0.25) is 0 Å². The monoisotopic (exact) mass is 138 g/mol. The van der Waals surface area contributed by atoms with E-state index in [1.165, 1.54) is 20.8 Å². The zero-order chi connectivity index (χ0) is 7.00. The summed E-state index contributed by atoms with van der Waals surface area (Å²) in [5.74, 6) is -1.80. The molecule has 8 heavy (non-hydrogen) atoms. The summed E-state index contributed by atoms with van der Waals surface area (Å²) < 4.78 is 0. The van der Waals surface area contributed by atoms with Crippen LogP contribution < -0.4 is 0 Å². The molecule has 0 atom stereocenters. The Morgan fingerprint density at radius 3 is 1.25 bits per heavy atom. The lowest BCUT2D eigenvalue weighted by molar-refractivity contribution is -0.165. The average molecular weight is 139 g/mol. The molecular weight excluding hydrogens is 128 g/mol. The van der Waals surface area contributed by atoms with Crippen LogP contribution in [0.3, 0.4) is 0 Å². The largest absolute Gasteiger partial charge is 0.364 e. The maximum Gasteiger partial charge on any atom is 0.178 e. The molecule has 0 aromatic heterocycles. The predicted molar refractivity (Wildman–Crippen MR) is 32.8 cm³/mol. The second-order valence-corrected chi connectivity index (χ2v) is 3.44. The van der Waals surface area contributed by atoms with Gasteiger partial charge in [0.15, 0.2) is 5.79 Å². The number of hydrogen-bond acceptors (Lipinski definition) is 2. The summed E-state index contributed by atoms with van der Waals surface area (Å²) in [6.07, 6.45) is 0. The summed E-state index contributed by atoms with van der Waals surface area (Å²) in [5, 5.41) is 17.6. The van der Waals surface area contributed by atoms with Crippen molar-refractivity contribution in [3.8, 4) is 0 Å². The number of halogens is 1. The minimum Gasteiger partial charge on any atom is -0.364 e. The number of aliphatic hydroxyl groups is 2. The van der Waals surface area contributed by atoms with Gasteiger partial charge in [-0.1, -0.05) is 0 Å². The molecule has 0 unspecified atom stereocenters. The summed E-state index contributed by atoms with van der Waals surface area (Å²) >= 11 is 5.51. The van der Waals surface area contributed by atoms with Gasteiger partial charge in [0, 0.05) is 0 Å².